The number of rotatable bonds is 6. The first-order valence-corrected chi connectivity index (χ1v) is 13.4. The highest BCUT2D eigenvalue weighted by Crippen LogP contribution is 2.35. The lowest BCUT2D eigenvalue weighted by atomic mass is 9.91. The van der Waals surface area contributed by atoms with E-state index < -0.39 is 0 Å². The van der Waals surface area contributed by atoms with Gasteiger partial charge in [-0.05, 0) is 25.0 Å². The van der Waals surface area contributed by atoms with E-state index in [2.05, 4.69) is 103 Å². The van der Waals surface area contributed by atoms with Gasteiger partial charge in [0.2, 0.25) is 0 Å². The van der Waals surface area contributed by atoms with Gasteiger partial charge in [0, 0.05) is 42.8 Å². The van der Waals surface area contributed by atoms with Crippen LogP contribution in [0.25, 0.3) is 0 Å². The Hall–Kier alpha value is -1.52. The molecule has 0 bridgehead atoms. The van der Waals surface area contributed by atoms with Gasteiger partial charge in [-0.15, -0.1) is 23.5 Å². The Morgan fingerprint density at radius 1 is 0.656 bits per heavy atom. The van der Waals surface area contributed by atoms with Crippen LogP contribution in [-0.2, 0) is 0 Å². The Kier molecular flexibility index (Phi) is 8.68. The fraction of sp³-hybridized carbons (Fsp3) is 0.500. The Bertz CT molecular complexity index is 857. The van der Waals surface area contributed by atoms with E-state index >= 15 is 0 Å². The van der Waals surface area contributed by atoms with Crippen molar-refractivity contribution >= 4 is 36.0 Å². The Morgan fingerprint density at radius 3 is 1.41 bits per heavy atom. The minimum absolute atomic E-state index is 0.181. The van der Waals surface area contributed by atoms with Gasteiger partial charge in [0.15, 0.2) is 0 Å². The SMILES string of the molecule is CC(C)(C)Sc1ccccc1C=NC1CCCCC1N=Cc1ccccc1SC(C)(C)C. The summed E-state index contributed by atoms with van der Waals surface area (Å²) in [5.74, 6) is 0. The predicted octanol–water partition coefficient (Wildman–Crippen LogP) is 8.32. The summed E-state index contributed by atoms with van der Waals surface area (Å²) < 4.78 is 0.361. The molecule has 1 aliphatic rings. The first kappa shape index (κ1) is 25.1. The van der Waals surface area contributed by atoms with E-state index in [-0.39, 0.29) is 21.6 Å². The third kappa shape index (κ3) is 8.12. The molecule has 0 saturated heterocycles. The average molecular weight is 467 g/mol. The fourth-order valence-electron chi connectivity index (χ4n) is 3.81. The van der Waals surface area contributed by atoms with Crippen LogP contribution in [0, 0.1) is 0 Å². The molecule has 2 unspecified atom stereocenters. The summed E-state index contributed by atoms with van der Waals surface area (Å²) in [6.45, 7) is 13.5. The molecule has 0 radical (unpaired) electrons. The first-order chi connectivity index (χ1) is 15.1. The summed E-state index contributed by atoms with van der Waals surface area (Å²) in [7, 11) is 0. The number of nitrogens with zero attached hydrogens (tertiary/aromatic N) is 2. The second kappa shape index (κ2) is 11.1. The Morgan fingerprint density at radius 2 is 1.03 bits per heavy atom. The number of benzene rings is 2. The van der Waals surface area contributed by atoms with Crippen LogP contribution in [0.3, 0.4) is 0 Å². The molecule has 0 aromatic heterocycles. The summed E-state index contributed by atoms with van der Waals surface area (Å²) in [6, 6.07) is 17.7. The van der Waals surface area contributed by atoms with Gasteiger partial charge in [-0.1, -0.05) is 90.8 Å². The lowest BCUT2D eigenvalue weighted by molar-refractivity contribution is 0.390. The van der Waals surface area contributed by atoms with E-state index in [1.54, 1.807) is 0 Å². The molecule has 0 N–H and O–H groups in total. The molecule has 0 aliphatic heterocycles. The van der Waals surface area contributed by atoms with Crippen LogP contribution >= 0.6 is 23.5 Å². The monoisotopic (exact) mass is 466 g/mol. The molecule has 2 aromatic carbocycles. The smallest absolute Gasteiger partial charge is 0.0723 e. The van der Waals surface area contributed by atoms with Crippen molar-refractivity contribution in [3.63, 3.8) is 0 Å². The second-order valence-corrected chi connectivity index (χ2v) is 14.2. The zero-order valence-electron chi connectivity index (χ0n) is 20.5. The quantitative estimate of drug-likeness (QED) is 0.316. The lowest BCUT2D eigenvalue weighted by Gasteiger charge is -2.26. The van der Waals surface area contributed by atoms with Crippen molar-refractivity contribution in [1.82, 2.24) is 0 Å². The van der Waals surface area contributed by atoms with Gasteiger partial charge in [-0.25, -0.2) is 0 Å². The molecular formula is C28H38N2S2. The van der Waals surface area contributed by atoms with Crippen molar-refractivity contribution in [3.05, 3.63) is 59.7 Å². The molecule has 2 nitrogen and oxygen atoms in total. The van der Waals surface area contributed by atoms with Crippen molar-refractivity contribution in [2.45, 2.75) is 98.6 Å². The molecule has 0 amide bonds. The minimum atomic E-state index is 0.181. The molecule has 0 spiro atoms. The van der Waals surface area contributed by atoms with E-state index in [4.69, 9.17) is 9.98 Å². The van der Waals surface area contributed by atoms with Crippen molar-refractivity contribution in [2.24, 2.45) is 9.98 Å². The topological polar surface area (TPSA) is 24.7 Å². The molecule has 2 aromatic rings. The number of thioether (sulfide) groups is 2. The normalized spacial score (nSPS) is 20.3. The molecule has 1 fully saturated rings. The molecule has 32 heavy (non-hydrogen) atoms. The summed E-state index contributed by atoms with van der Waals surface area (Å²) in [5, 5.41) is 0. The highest BCUT2D eigenvalue weighted by molar-refractivity contribution is 8.01. The van der Waals surface area contributed by atoms with Crippen LogP contribution in [0.15, 0.2) is 68.3 Å². The van der Waals surface area contributed by atoms with E-state index in [1.807, 2.05) is 23.5 Å². The van der Waals surface area contributed by atoms with E-state index in [9.17, 15) is 0 Å². The van der Waals surface area contributed by atoms with Gasteiger partial charge in [0.25, 0.3) is 0 Å². The maximum atomic E-state index is 5.06. The zero-order valence-corrected chi connectivity index (χ0v) is 22.1. The summed E-state index contributed by atoms with van der Waals surface area (Å²) in [6.07, 6.45) is 8.90. The minimum Gasteiger partial charge on any atom is -0.287 e. The molecule has 1 saturated carbocycles. The fourth-order valence-corrected chi connectivity index (χ4v) is 5.90. The summed E-state index contributed by atoms with van der Waals surface area (Å²) >= 11 is 3.81. The number of hydrogen-bond donors (Lipinski definition) is 0. The molecule has 172 valence electrons. The van der Waals surface area contributed by atoms with Crippen LogP contribution < -0.4 is 0 Å². The van der Waals surface area contributed by atoms with Crippen molar-refractivity contribution in [2.75, 3.05) is 0 Å². The molecule has 4 heteroatoms. The maximum absolute atomic E-state index is 5.06. The predicted molar refractivity (Wildman–Crippen MR) is 145 cm³/mol. The van der Waals surface area contributed by atoms with Crippen LogP contribution in [0.1, 0.15) is 78.4 Å². The van der Waals surface area contributed by atoms with Gasteiger partial charge in [0.1, 0.15) is 0 Å². The molecular weight excluding hydrogens is 428 g/mol. The standard InChI is InChI=1S/C28H38N2S2/c1-27(2,3)31-25-17-11-7-13-21(25)19-29-23-15-9-10-16-24(23)30-20-22-14-8-12-18-26(22)32-28(4,5)6/h7-8,11-14,17-20,23-24H,9-10,15-16H2,1-6H3. The van der Waals surface area contributed by atoms with Gasteiger partial charge >= 0.3 is 0 Å². The highest BCUT2D eigenvalue weighted by atomic mass is 32.2. The second-order valence-electron chi connectivity index (χ2n) is 10.5. The summed E-state index contributed by atoms with van der Waals surface area (Å²) in [4.78, 5) is 12.7. The zero-order chi connectivity index (χ0) is 23.2. The number of hydrogen-bond acceptors (Lipinski definition) is 4. The van der Waals surface area contributed by atoms with Gasteiger partial charge in [-0.2, -0.15) is 0 Å². The Balaban J connectivity index is 1.77. The molecule has 0 heterocycles. The maximum Gasteiger partial charge on any atom is 0.0723 e. The van der Waals surface area contributed by atoms with Gasteiger partial charge in [0.05, 0.1) is 12.1 Å². The van der Waals surface area contributed by atoms with Crippen LogP contribution in [0.4, 0.5) is 0 Å². The van der Waals surface area contributed by atoms with Gasteiger partial charge in [-0.3, -0.25) is 9.98 Å². The third-order valence-corrected chi connectivity index (χ3v) is 7.58. The highest BCUT2D eigenvalue weighted by Gasteiger charge is 2.24. The molecule has 1 aliphatic carbocycles. The first-order valence-electron chi connectivity index (χ1n) is 11.7. The lowest BCUT2D eigenvalue weighted by Crippen LogP contribution is -2.27. The van der Waals surface area contributed by atoms with Crippen LogP contribution in [0.2, 0.25) is 0 Å². The number of aliphatic imine (C=N–C) groups is 2. The largest absolute Gasteiger partial charge is 0.287 e. The van der Waals surface area contributed by atoms with Crippen LogP contribution in [0.5, 0.6) is 0 Å². The average Bonchev–Trinajstić information content (AvgIpc) is 2.71. The van der Waals surface area contributed by atoms with E-state index in [0.717, 1.165) is 12.8 Å². The van der Waals surface area contributed by atoms with E-state index in [0.29, 0.717) is 0 Å². The van der Waals surface area contributed by atoms with E-state index in [1.165, 1.54) is 33.8 Å². The Labute approximate surface area is 203 Å². The molecule has 2 atom stereocenters. The molecule has 3 rings (SSSR count). The third-order valence-electron chi connectivity index (χ3n) is 5.17. The van der Waals surface area contributed by atoms with Crippen LogP contribution in [-0.4, -0.2) is 34.0 Å². The van der Waals surface area contributed by atoms with Crippen molar-refractivity contribution < 1.29 is 0 Å². The summed E-state index contributed by atoms with van der Waals surface area (Å²) in [5.41, 5.74) is 2.43. The van der Waals surface area contributed by atoms with Crippen molar-refractivity contribution in [3.8, 4) is 0 Å². The van der Waals surface area contributed by atoms with Crippen molar-refractivity contribution in [1.29, 1.82) is 0 Å². The van der Waals surface area contributed by atoms with Gasteiger partial charge < -0.3 is 0 Å².